The number of sulfone groups is 1. The van der Waals surface area contributed by atoms with E-state index in [2.05, 4.69) is 25.2 Å². The second-order valence-corrected chi connectivity index (χ2v) is 5.57. The van der Waals surface area contributed by atoms with Crippen molar-refractivity contribution in [2.45, 2.75) is 5.03 Å². The van der Waals surface area contributed by atoms with Crippen LogP contribution in [0.3, 0.4) is 0 Å². The molecule has 0 aliphatic carbocycles. The van der Waals surface area contributed by atoms with E-state index in [4.69, 9.17) is 5.73 Å². The number of anilines is 2. The van der Waals surface area contributed by atoms with Crippen LogP contribution >= 0.6 is 0 Å². The fraction of sp³-hybridized carbons (Fsp3) is 0.111. The topological polar surface area (TPSA) is 141 Å². The molecule has 2 heterocycles. The highest BCUT2D eigenvalue weighted by Crippen LogP contribution is 2.12. The van der Waals surface area contributed by atoms with Gasteiger partial charge in [0.1, 0.15) is 0 Å². The number of nitrogens with zero attached hydrogens (tertiary/aromatic N) is 3. The molecule has 0 fully saturated rings. The molecule has 0 aliphatic rings. The van der Waals surface area contributed by atoms with Crippen molar-refractivity contribution in [2.75, 3.05) is 17.3 Å². The summed E-state index contributed by atoms with van der Waals surface area (Å²) in [6.07, 6.45) is 2.24. The monoisotopic (exact) mass is 283 g/mol. The molecular weight excluding hydrogens is 274 g/mol. The lowest BCUT2D eigenvalue weighted by atomic mass is 10.3. The van der Waals surface area contributed by atoms with Crippen LogP contribution in [0, 0.1) is 0 Å². The average Bonchev–Trinajstić information content (AvgIpc) is 2.75. The van der Waals surface area contributed by atoms with Crippen molar-refractivity contribution >= 4 is 27.2 Å². The smallest absolute Gasteiger partial charge is 0.281 e. The molecule has 10 heteroatoms. The van der Waals surface area contributed by atoms with Gasteiger partial charge in [0, 0.05) is 6.26 Å². The number of nitrogen functional groups attached to an aromatic ring is 1. The molecule has 1 amide bonds. The third kappa shape index (κ3) is 2.85. The molecular formula is C9H9N5O4S. The summed E-state index contributed by atoms with van der Waals surface area (Å²) in [7, 11) is -3.38. The zero-order chi connectivity index (χ0) is 14.0. The van der Waals surface area contributed by atoms with Crippen LogP contribution in [0.15, 0.2) is 28.0 Å². The van der Waals surface area contributed by atoms with Crippen molar-refractivity contribution in [3.05, 3.63) is 24.0 Å². The first kappa shape index (κ1) is 13.0. The SMILES string of the molecule is CS(=O)(=O)c1ccc(NC(=O)c2nonc2N)cn1. The molecule has 0 unspecified atom stereocenters. The molecule has 2 aromatic rings. The van der Waals surface area contributed by atoms with Gasteiger partial charge in [-0.15, -0.1) is 0 Å². The molecule has 0 saturated heterocycles. The summed E-state index contributed by atoms with van der Waals surface area (Å²) in [6, 6.07) is 2.67. The summed E-state index contributed by atoms with van der Waals surface area (Å²) < 4.78 is 26.7. The number of rotatable bonds is 3. The first-order valence-electron chi connectivity index (χ1n) is 4.93. The second-order valence-electron chi connectivity index (χ2n) is 3.61. The van der Waals surface area contributed by atoms with Crippen LogP contribution in [0.2, 0.25) is 0 Å². The zero-order valence-corrected chi connectivity index (χ0v) is 10.5. The van der Waals surface area contributed by atoms with Gasteiger partial charge in [-0.25, -0.2) is 18.0 Å². The van der Waals surface area contributed by atoms with Gasteiger partial charge < -0.3 is 11.1 Å². The fourth-order valence-electron chi connectivity index (χ4n) is 1.22. The summed E-state index contributed by atoms with van der Waals surface area (Å²) in [5.74, 6) is -0.772. The van der Waals surface area contributed by atoms with Gasteiger partial charge in [-0.05, 0) is 22.4 Å². The van der Waals surface area contributed by atoms with E-state index < -0.39 is 15.7 Å². The summed E-state index contributed by atoms with van der Waals surface area (Å²) in [5.41, 5.74) is 5.48. The predicted molar refractivity (Wildman–Crippen MR) is 64.0 cm³/mol. The number of aromatic nitrogens is 3. The Kier molecular flexibility index (Phi) is 3.17. The molecule has 9 nitrogen and oxygen atoms in total. The molecule has 0 aliphatic heterocycles. The first-order valence-corrected chi connectivity index (χ1v) is 6.82. The minimum absolute atomic E-state index is 0.0897. The number of hydrogen-bond donors (Lipinski definition) is 2. The Morgan fingerprint density at radius 2 is 2.11 bits per heavy atom. The minimum atomic E-state index is -3.38. The van der Waals surface area contributed by atoms with Crippen molar-refractivity contribution < 1.29 is 17.8 Å². The number of nitrogens with two attached hydrogens (primary N) is 1. The molecule has 2 aromatic heterocycles. The highest BCUT2D eigenvalue weighted by atomic mass is 32.2. The summed E-state index contributed by atoms with van der Waals surface area (Å²) in [5, 5.41) is 8.93. The van der Waals surface area contributed by atoms with Gasteiger partial charge >= 0.3 is 0 Å². The van der Waals surface area contributed by atoms with E-state index in [0.717, 1.165) is 6.26 Å². The van der Waals surface area contributed by atoms with Gasteiger partial charge in [0.2, 0.25) is 11.5 Å². The van der Waals surface area contributed by atoms with Crippen LogP contribution in [-0.2, 0) is 9.84 Å². The van der Waals surface area contributed by atoms with Crippen molar-refractivity contribution in [1.29, 1.82) is 0 Å². The quantitative estimate of drug-likeness (QED) is 0.782. The molecule has 0 spiro atoms. The molecule has 0 atom stereocenters. The Balaban J connectivity index is 2.17. The van der Waals surface area contributed by atoms with Crippen LogP contribution < -0.4 is 11.1 Å². The van der Waals surface area contributed by atoms with Crippen molar-refractivity contribution in [2.24, 2.45) is 0 Å². The number of carbonyl (C=O) groups is 1. The average molecular weight is 283 g/mol. The number of nitrogens with one attached hydrogen (secondary N) is 1. The van der Waals surface area contributed by atoms with Crippen molar-refractivity contribution in [1.82, 2.24) is 15.3 Å². The van der Waals surface area contributed by atoms with E-state index in [-0.39, 0.29) is 16.5 Å². The molecule has 3 N–H and O–H groups in total. The maximum atomic E-state index is 11.7. The van der Waals surface area contributed by atoms with Gasteiger partial charge in [-0.2, -0.15) is 0 Å². The highest BCUT2D eigenvalue weighted by Gasteiger charge is 2.16. The molecule has 0 aromatic carbocycles. The number of pyridine rings is 1. The van der Waals surface area contributed by atoms with Gasteiger partial charge in [0.25, 0.3) is 5.91 Å². The summed E-state index contributed by atoms with van der Waals surface area (Å²) >= 11 is 0. The third-order valence-electron chi connectivity index (χ3n) is 2.10. The molecule has 0 bridgehead atoms. The maximum Gasteiger partial charge on any atom is 0.281 e. The Labute approximate surface area is 107 Å². The van der Waals surface area contributed by atoms with Crippen molar-refractivity contribution in [3.8, 4) is 0 Å². The largest absolute Gasteiger partial charge is 0.379 e. The third-order valence-corrected chi connectivity index (χ3v) is 3.10. The van der Waals surface area contributed by atoms with E-state index in [1.807, 2.05) is 0 Å². The number of amides is 1. The van der Waals surface area contributed by atoms with Crippen LogP contribution in [0.1, 0.15) is 10.5 Å². The second kappa shape index (κ2) is 4.65. The predicted octanol–water partition coefficient (Wildman–Crippen LogP) is -0.297. The van der Waals surface area contributed by atoms with E-state index in [1.54, 1.807) is 0 Å². The normalized spacial score (nSPS) is 11.2. The van der Waals surface area contributed by atoms with Crippen LogP contribution in [0.25, 0.3) is 0 Å². The Bertz CT molecular complexity index is 706. The molecule has 2 rings (SSSR count). The lowest BCUT2D eigenvalue weighted by Crippen LogP contribution is -2.14. The lowest BCUT2D eigenvalue weighted by Gasteiger charge is -2.03. The molecule has 0 saturated carbocycles. The number of hydrogen-bond acceptors (Lipinski definition) is 8. The Hall–Kier alpha value is -2.49. The maximum absolute atomic E-state index is 11.7. The standard InChI is InChI=1S/C9H9N5O4S/c1-19(16,17)6-3-2-5(4-11-6)12-9(15)7-8(10)14-18-13-7/h2-4H,1H3,(H2,10,14)(H,12,15). The fourth-order valence-corrected chi connectivity index (χ4v) is 1.78. The minimum Gasteiger partial charge on any atom is -0.379 e. The molecule has 0 radical (unpaired) electrons. The van der Waals surface area contributed by atoms with E-state index >= 15 is 0 Å². The van der Waals surface area contributed by atoms with E-state index in [9.17, 15) is 13.2 Å². The van der Waals surface area contributed by atoms with E-state index in [0.29, 0.717) is 5.69 Å². The van der Waals surface area contributed by atoms with Gasteiger partial charge in [0.15, 0.2) is 14.9 Å². The molecule has 100 valence electrons. The van der Waals surface area contributed by atoms with Gasteiger partial charge in [-0.1, -0.05) is 0 Å². The summed E-state index contributed by atoms with van der Waals surface area (Å²) in [4.78, 5) is 15.4. The van der Waals surface area contributed by atoms with Gasteiger partial charge in [0.05, 0.1) is 11.9 Å². The zero-order valence-electron chi connectivity index (χ0n) is 9.69. The molecule has 19 heavy (non-hydrogen) atoms. The van der Waals surface area contributed by atoms with Crippen LogP contribution in [-0.4, -0.2) is 35.9 Å². The highest BCUT2D eigenvalue weighted by molar-refractivity contribution is 7.90. The first-order chi connectivity index (χ1) is 8.88. The number of carbonyl (C=O) groups excluding carboxylic acids is 1. The van der Waals surface area contributed by atoms with Crippen molar-refractivity contribution in [3.63, 3.8) is 0 Å². The summed E-state index contributed by atoms with van der Waals surface area (Å²) in [6.45, 7) is 0. The van der Waals surface area contributed by atoms with E-state index in [1.165, 1.54) is 18.3 Å². The lowest BCUT2D eigenvalue weighted by molar-refractivity contribution is 0.101. The van der Waals surface area contributed by atoms with Crippen LogP contribution in [0.4, 0.5) is 11.5 Å². The Morgan fingerprint density at radius 1 is 1.37 bits per heavy atom. The van der Waals surface area contributed by atoms with Crippen LogP contribution in [0.5, 0.6) is 0 Å². The van der Waals surface area contributed by atoms with Gasteiger partial charge in [-0.3, -0.25) is 4.79 Å². The Morgan fingerprint density at radius 3 is 2.58 bits per heavy atom.